The molecule has 0 fully saturated rings. The Balaban J connectivity index is 2.07. The molecule has 0 radical (unpaired) electrons. The third kappa shape index (κ3) is 3.60. The zero-order valence-electron chi connectivity index (χ0n) is 14.9. The monoisotopic (exact) mass is 368 g/mol. The van der Waals surface area contributed by atoms with Crippen LogP contribution in [0, 0.1) is 6.92 Å². The van der Waals surface area contributed by atoms with E-state index in [2.05, 4.69) is 4.99 Å². The molecule has 1 aliphatic heterocycles. The fourth-order valence-corrected chi connectivity index (χ4v) is 3.56. The number of aryl methyl sites for hydroxylation is 2. The quantitative estimate of drug-likeness (QED) is 0.806. The Morgan fingerprint density at radius 3 is 2.73 bits per heavy atom. The minimum absolute atomic E-state index is 0.0954. The van der Waals surface area contributed by atoms with E-state index in [1.165, 1.54) is 11.8 Å². The second-order valence-corrected chi connectivity index (χ2v) is 6.83. The molecule has 0 spiro atoms. The normalized spacial score (nSPS) is 17.3. The lowest BCUT2D eigenvalue weighted by molar-refractivity contribution is -0.138. The number of thioether (sulfide) groups is 1. The standard InChI is InChI=1S/C20H20N2O3S/c1-4-25-20(24)17-18(23)16(12-14-9-7-11-22(14)3)26-19(17)21-15-10-6-5-8-13(15)2/h5-12,23H,4H2,1-3H3/b16-12+,21-19?. The first-order valence-electron chi connectivity index (χ1n) is 8.27. The van der Waals surface area contributed by atoms with Crippen LogP contribution in [0.15, 0.2) is 63.8 Å². The molecule has 0 saturated carbocycles. The van der Waals surface area contributed by atoms with Crippen molar-refractivity contribution in [3.05, 3.63) is 70.1 Å². The van der Waals surface area contributed by atoms with Crippen LogP contribution in [-0.2, 0) is 16.6 Å². The fraction of sp³-hybridized carbons (Fsp3) is 0.200. The number of hydrogen-bond donors (Lipinski definition) is 1. The lowest BCUT2D eigenvalue weighted by Gasteiger charge is -2.05. The van der Waals surface area contributed by atoms with E-state index < -0.39 is 5.97 Å². The average Bonchev–Trinajstić information content (AvgIpc) is 3.14. The van der Waals surface area contributed by atoms with Gasteiger partial charge in [-0.25, -0.2) is 9.79 Å². The number of hydrogen-bond acceptors (Lipinski definition) is 5. The molecule has 0 bridgehead atoms. The summed E-state index contributed by atoms with van der Waals surface area (Å²) in [5, 5.41) is 11.1. The van der Waals surface area contributed by atoms with E-state index in [1.807, 2.05) is 67.2 Å². The maximum atomic E-state index is 12.4. The van der Waals surface area contributed by atoms with Gasteiger partial charge in [0.25, 0.3) is 0 Å². The van der Waals surface area contributed by atoms with Gasteiger partial charge >= 0.3 is 5.97 Å². The molecule has 0 atom stereocenters. The van der Waals surface area contributed by atoms with Gasteiger partial charge in [-0.2, -0.15) is 0 Å². The van der Waals surface area contributed by atoms with Gasteiger partial charge in [0.2, 0.25) is 0 Å². The first-order chi connectivity index (χ1) is 12.5. The molecule has 5 nitrogen and oxygen atoms in total. The summed E-state index contributed by atoms with van der Waals surface area (Å²) in [5.41, 5.74) is 2.77. The summed E-state index contributed by atoms with van der Waals surface area (Å²) in [6, 6.07) is 11.5. The van der Waals surface area contributed by atoms with Crippen molar-refractivity contribution in [2.24, 2.45) is 12.0 Å². The highest BCUT2D eigenvalue weighted by Crippen LogP contribution is 2.40. The lowest BCUT2D eigenvalue weighted by Crippen LogP contribution is -2.12. The summed E-state index contributed by atoms with van der Waals surface area (Å²) in [6.07, 6.45) is 3.75. The van der Waals surface area contributed by atoms with E-state index in [4.69, 9.17) is 4.74 Å². The Hall–Kier alpha value is -2.73. The average molecular weight is 368 g/mol. The van der Waals surface area contributed by atoms with Gasteiger partial charge in [0, 0.05) is 18.9 Å². The second-order valence-electron chi connectivity index (χ2n) is 5.80. The molecule has 3 rings (SSSR count). The third-order valence-corrected chi connectivity index (χ3v) is 4.99. The van der Waals surface area contributed by atoms with Gasteiger partial charge in [0.15, 0.2) is 0 Å². The Labute approximate surface area is 156 Å². The zero-order valence-corrected chi connectivity index (χ0v) is 15.7. The molecular weight excluding hydrogens is 348 g/mol. The number of esters is 1. The van der Waals surface area contributed by atoms with Crippen molar-refractivity contribution in [1.82, 2.24) is 4.57 Å². The van der Waals surface area contributed by atoms with E-state index in [0.717, 1.165) is 16.9 Å². The molecule has 1 N–H and O–H groups in total. The van der Waals surface area contributed by atoms with Crippen molar-refractivity contribution in [2.75, 3.05) is 6.61 Å². The van der Waals surface area contributed by atoms with Crippen LogP contribution < -0.4 is 0 Å². The number of rotatable bonds is 4. The summed E-state index contributed by atoms with van der Waals surface area (Å²) in [4.78, 5) is 17.6. The SMILES string of the molecule is CCOC(=O)C1=C(O)/C(=C\c2cccn2C)SC1=Nc1ccccc1C. The molecule has 1 aromatic heterocycles. The van der Waals surface area contributed by atoms with E-state index in [9.17, 15) is 9.90 Å². The molecule has 0 saturated heterocycles. The minimum Gasteiger partial charge on any atom is -0.506 e. The van der Waals surface area contributed by atoms with Crippen molar-refractivity contribution in [3.8, 4) is 0 Å². The highest BCUT2D eigenvalue weighted by molar-refractivity contribution is 8.18. The molecule has 6 heteroatoms. The number of para-hydroxylation sites is 1. The van der Waals surface area contributed by atoms with Gasteiger partial charge in [-0.15, -0.1) is 0 Å². The fourth-order valence-electron chi connectivity index (χ4n) is 2.55. The smallest absolute Gasteiger partial charge is 0.344 e. The lowest BCUT2D eigenvalue weighted by atomic mass is 10.2. The molecule has 2 heterocycles. The van der Waals surface area contributed by atoms with Gasteiger partial charge in [-0.1, -0.05) is 30.0 Å². The molecule has 2 aromatic rings. The first kappa shape index (κ1) is 18.1. The molecule has 0 aliphatic carbocycles. The highest BCUT2D eigenvalue weighted by Gasteiger charge is 2.33. The molecule has 1 aromatic carbocycles. The topological polar surface area (TPSA) is 63.8 Å². The van der Waals surface area contributed by atoms with Gasteiger partial charge < -0.3 is 14.4 Å². The van der Waals surface area contributed by atoms with Crippen LogP contribution in [0.4, 0.5) is 5.69 Å². The predicted octanol–water partition coefficient (Wildman–Crippen LogP) is 4.53. The second kappa shape index (κ2) is 7.66. The van der Waals surface area contributed by atoms with Gasteiger partial charge in [0.1, 0.15) is 16.4 Å². The number of aromatic nitrogens is 1. The molecule has 1 aliphatic rings. The van der Waals surface area contributed by atoms with E-state index in [0.29, 0.717) is 9.95 Å². The predicted molar refractivity (Wildman–Crippen MR) is 106 cm³/mol. The Morgan fingerprint density at radius 1 is 1.31 bits per heavy atom. The summed E-state index contributed by atoms with van der Waals surface area (Å²) >= 11 is 1.26. The van der Waals surface area contributed by atoms with Crippen LogP contribution in [-0.4, -0.2) is 27.3 Å². The largest absolute Gasteiger partial charge is 0.506 e. The van der Waals surface area contributed by atoms with Crippen molar-refractivity contribution < 1.29 is 14.6 Å². The Morgan fingerprint density at radius 2 is 2.08 bits per heavy atom. The van der Waals surface area contributed by atoms with Crippen molar-refractivity contribution in [2.45, 2.75) is 13.8 Å². The minimum atomic E-state index is -0.569. The number of nitrogens with zero attached hydrogens (tertiary/aromatic N) is 2. The van der Waals surface area contributed by atoms with Crippen LogP contribution in [0.25, 0.3) is 6.08 Å². The Bertz CT molecular complexity index is 938. The number of carbonyl (C=O) groups excluding carboxylic acids is 1. The van der Waals surface area contributed by atoms with E-state index in [1.54, 1.807) is 6.92 Å². The first-order valence-corrected chi connectivity index (χ1v) is 9.09. The molecule has 0 unspecified atom stereocenters. The number of carbonyl (C=O) groups is 1. The molecule has 26 heavy (non-hydrogen) atoms. The summed E-state index contributed by atoms with van der Waals surface area (Å²) in [6.45, 7) is 3.92. The molecule has 0 amide bonds. The van der Waals surface area contributed by atoms with Gasteiger partial charge in [-0.05, 0) is 43.7 Å². The Kier molecular flexibility index (Phi) is 5.32. The number of ether oxygens (including phenoxy) is 1. The van der Waals surface area contributed by atoms with Crippen molar-refractivity contribution in [1.29, 1.82) is 0 Å². The van der Waals surface area contributed by atoms with Gasteiger partial charge in [0.05, 0.1) is 17.2 Å². The number of aliphatic hydroxyl groups excluding tert-OH is 1. The summed E-state index contributed by atoms with van der Waals surface area (Å²) < 4.78 is 7.05. The number of aliphatic imine (C=N–C) groups is 1. The number of benzene rings is 1. The highest BCUT2D eigenvalue weighted by atomic mass is 32.2. The van der Waals surface area contributed by atoms with E-state index in [-0.39, 0.29) is 17.9 Å². The summed E-state index contributed by atoms with van der Waals surface area (Å²) in [7, 11) is 1.92. The van der Waals surface area contributed by atoms with Crippen LogP contribution in [0.5, 0.6) is 0 Å². The van der Waals surface area contributed by atoms with Crippen LogP contribution in [0.1, 0.15) is 18.2 Å². The third-order valence-electron chi connectivity index (χ3n) is 3.97. The van der Waals surface area contributed by atoms with Crippen molar-refractivity contribution >= 4 is 34.5 Å². The molecule has 134 valence electrons. The van der Waals surface area contributed by atoms with Crippen LogP contribution in [0.2, 0.25) is 0 Å². The summed E-state index contributed by atoms with van der Waals surface area (Å²) in [5.74, 6) is -0.665. The van der Waals surface area contributed by atoms with Crippen LogP contribution in [0.3, 0.4) is 0 Å². The molecular formula is C20H20N2O3S. The van der Waals surface area contributed by atoms with Gasteiger partial charge in [-0.3, -0.25) is 0 Å². The van der Waals surface area contributed by atoms with Crippen LogP contribution >= 0.6 is 11.8 Å². The van der Waals surface area contributed by atoms with Crippen molar-refractivity contribution in [3.63, 3.8) is 0 Å². The maximum absolute atomic E-state index is 12.4. The number of aliphatic hydroxyl groups is 1. The van der Waals surface area contributed by atoms with E-state index >= 15 is 0 Å². The maximum Gasteiger partial charge on any atom is 0.344 e. The zero-order chi connectivity index (χ0) is 18.7.